The number of ether oxygens (including phenoxy) is 1. The summed E-state index contributed by atoms with van der Waals surface area (Å²) < 4.78 is 7.61. The lowest BCUT2D eigenvalue weighted by Crippen LogP contribution is -2.12. The van der Waals surface area contributed by atoms with E-state index >= 15 is 0 Å². The number of aliphatic hydroxyl groups excluding tert-OH is 1. The van der Waals surface area contributed by atoms with Gasteiger partial charge in [-0.2, -0.15) is 0 Å². The number of aromatic hydroxyl groups is 1. The van der Waals surface area contributed by atoms with Crippen molar-refractivity contribution >= 4 is 45.2 Å². The Kier molecular flexibility index (Phi) is 5.47. The van der Waals surface area contributed by atoms with Gasteiger partial charge in [-0.1, -0.05) is 0 Å². The van der Waals surface area contributed by atoms with Gasteiger partial charge in [0, 0.05) is 6.54 Å². The average molecular weight is 497 g/mol. The summed E-state index contributed by atoms with van der Waals surface area (Å²) in [5, 5.41) is 19.0. The van der Waals surface area contributed by atoms with Crippen LogP contribution in [0, 0.1) is 7.14 Å². The SMILES string of the molecule is NC[C@@H](O)c1cc(I)c(Oc2ccc(O)cc2)c(I)c1. The number of aliphatic hydroxyl groups is 1. The number of nitrogens with two attached hydrogens (primary N) is 1. The lowest BCUT2D eigenvalue weighted by molar-refractivity contribution is 0.186. The summed E-state index contributed by atoms with van der Waals surface area (Å²) in [6.07, 6.45) is -0.667. The first kappa shape index (κ1) is 15.8. The van der Waals surface area contributed by atoms with Crippen LogP contribution in [0.25, 0.3) is 0 Å². The lowest BCUT2D eigenvalue weighted by atomic mass is 10.1. The second kappa shape index (κ2) is 6.92. The molecule has 0 saturated carbocycles. The van der Waals surface area contributed by atoms with E-state index < -0.39 is 6.10 Å². The Morgan fingerprint density at radius 3 is 2.15 bits per heavy atom. The minimum atomic E-state index is -0.667. The van der Waals surface area contributed by atoms with E-state index in [4.69, 9.17) is 10.5 Å². The van der Waals surface area contributed by atoms with Gasteiger partial charge >= 0.3 is 0 Å². The van der Waals surface area contributed by atoms with Crippen molar-refractivity contribution in [1.82, 2.24) is 0 Å². The fourth-order valence-corrected chi connectivity index (χ4v) is 3.67. The normalized spacial score (nSPS) is 12.2. The molecule has 0 spiro atoms. The molecule has 0 aliphatic carbocycles. The third-order valence-corrected chi connectivity index (χ3v) is 4.29. The predicted octanol–water partition coefficient (Wildman–Crippen LogP) is 3.39. The molecule has 20 heavy (non-hydrogen) atoms. The number of halogens is 2. The highest BCUT2D eigenvalue weighted by Crippen LogP contribution is 2.34. The van der Waals surface area contributed by atoms with Crippen molar-refractivity contribution in [1.29, 1.82) is 0 Å². The van der Waals surface area contributed by atoms with Crippen LogP contribution < -0.4 is 10.5 Å². The zero-order chi connectivity index (χ0) is 14.7. The molecular weight excluding hydrogens is 484 g/mol. The summed E-state index contributed by atoms with van der Waals surface area (Å²) in [5.74, 6) is 1.57. The largest absolute Gasteiger partial charge is 0.508 e. The fourth-order valence-electron chi connectivity index (χ4n) is 1.64. The van der Waals surface area contributed by atoms with Gasteiger partial charge in [0.15, 0.2) is 5.75 Å². The third kappa shape index (κ3) is 3.74. The summed E-state index contributed by atoms with van der Waals surface area (Å²) in [6.45, 7) is 0.185. The van der Waals surface area contributed by atoms with Crippen molar-refractivity contribution in [3.8, 4) is 17.2 Å². The van der Waals surface area contributed by atoms with Crippen LogP contribution >= 0.6 is 45.2 Å². The Bertz CT molecular complexity index is 579. The quantitative estimate of drug-likeness (QED) is 0.567. The zero-order valence-electron chi connectivity index (χ0n) is 10.4. The van der Waals surface area contributed by atoms with Gasteiger partial charge in [-0.25, -0.2) is 0 Å². The number of rotatable bonds is 4. The highest BCUT2D eigenvalue weighted by atomic mass is 127. The molecule has 0 bridgehead atoms. The first-order valence-electron chi connectivity index (χ1n) is 5.85. The maximum absolute atomic E-state index is 9.79. The molecule has 0 fully saturated rings. The highest BCUT2D eigenvalue weighted by molar-refractivity contribution is 14.1. The zero-order valence-corrected chi connectivity index (χ0v) is 14.7. The van der Waals surface area contributed by atoms with Gasteiger partial charge in [0.25, 0.3) is 0 Å². The smallest absolute Gasteiger partial charge is 0.154 e. The molecule has 4 N–H and O–H groups in total. The molecule has 6 heteroatoms. The molecule has 0 saturated heterocycles. The molecule has 2 aromatic rings. The molecule has 0 aliphatic rings. The Morgan fingerprint density at radius 1 is 1.10 bits per heavy atom. The van der Waals surface area contributed by atoms with E-state index in [1.54, 1.807) is 24.3 Å². The Balaban J connectivity index is 2.30. The average Bonchev–Trinajstić information content (AvgIpc) is 2.43. The van der Waals surface area contributed by atoms with Gasteiger partial charge in [0.05, 0.1) is 13.2 Å². The lowest BCUT2D eigenvalue weighted by Gasteiger charge is -2.14. The summed E-state index contributed by atoms with van der Waals surface area (Å²) in [6, 6.07) is 10.3. The molecule has 0 heterocycles. The number of phenols is 1. The van der Waals surface area contributed by atoms with E-state index in [1.807, 2.05) is 12.1 Å². The summed E-state index contributed by atoms with van der Waals surface area (Å²) in [4.78, 5) is 0. The first-order chi connectivity index (χ1) is 9.51. The van der Waals surface area contributed by atoms with Crippen LogP contribution in [0.2, 0.25) is 0 Å². The first-order valence-corrected chi connectivity index (χ1v) is 8.01. The van der Waals surface area contributed by atoms with Crippen LogP contribution in [0.1, 0.15) is 11.7 Å². The van der Waals surface area contributed by atoms with Gasteiger partial charge in [-0.3, -0.25) is 0 Å². The molecule has 0 amide bonds. The van der Waals surface area contributed by atoms with E-state index in [-0.39, 0.29) is 12.3 Å². The van der Waals surface area contributed by atoms with Gasteiger partial charge in [0.1, 0.15) is 11.5 Å². The van der Waals surface area contributed by atoms with Crippen molar-refractivity contribution < 1.29 is 14.9 Å². The fraction of sp³-hybridized carbons (Fsp3) is 0.143. The molecule has 106 valence electrons. The standard InChI is InChI=1S/C14H13I2NO3/c15-11-5-8(13(19)7-17)6-12(16)14(11)20-10-3-1-9(18)2-4-10/h1-6,13,18-19H,7,17H2/t13-/m1/s1. The van der Waals surface area contributed by atoms with Gasteiger partial charge < -0.3 is 20.7 Å². The molecule has 0 unspecified atom stereocenters. The van der Waals surface area contributed by atoms with Gasteiger partial charge in [-0.05, 0) is 87.1 Å². The van der Waals surface area contributed by atoms with Crippen molar-refractivity contribution in [3.05, 3.63) is 49.1 Å². The second-order valence-electron chi connectivity index (χ2n) is 4.16. The highest BCUT2D eigenvalue weighted by Gasteiger charge is 2.13. The Morgan fingerprint density at radius 2 is 1.65 bits per heavy atom. The molecule has 2 aromatic carbocycles. The van der Waals surface area contributed by atoms with Crippen LogP contribution in [0.3, 0.4) is 0 Å². The van der Waals surface area contributed by atoms with Crippen molar-refractivity contribution in [3.63, 3.8) is 0 Å². The molecule has 0 aromatic heterocycles. The molecule has 1 atom stereocenters. The second-order valence-corrected chi connectivity index (χ2v) is 6.49. The van der Waals surface area contributed by atoms with E-state index in [9.17, 15) is 10.2 Å². The van der Waals surface area contributed by atoms with Crippen molar-refractivity contribution in [2.45, 2.75) is 6.10 Å². The van der Waals surface area contributed by atoms with Gasteiger partial charge in [0.2, 0.25) is 0 Å². The maximum Gasteiger partial charge on any atom is 0.154 e. The van der Waals surface area contributed by atoms with Crippen LogP contribution in [-0.2, 0) is 0 Å². The minimum absolute atomic E-state index is 0.185. The van der Waals surface area contributed by atoms with Crippen molar-refractivity contribution in [2.24, 2.45) is 5.73 Å². The van der Waals surface area contributed by atoms with E-state index in [1.165, 1.54) is 0 Å². The summed E-state index contributed by atoms with van der Waals surface area (Å²) in [7, 11) is 0. The topological polar surface area (TPSA) is 75.7 Å². The summed E-state index contributed by atoms with van der Waals surface area (Å²) >= 11 is 4.33. The van der Waals surface area contributed by atoms with E-state index in [0.29, 0.717) is 5.75 Å². The van der Waals surface area contributed by atoms with Crippen molar-refractivity contribution in [2.75, 3.05) is 6.54 Å². The monoisotopic (exact) mass is 497 g/mol. The van der Waals surface area contributed by atoms with Crippen LogP contribution in [0.15, 0.2) is 36.4 Å². The number of hydrogen-bond acceptors (Lipinski definition) is 4. The third-order valence-electron chi connectivity index (χ3n) is 2.69. The van der Waals surface area contributed by atoms with Gasteiger partial charge in [-0.15, -0.1) is 0 Å². The molecular formula is C14H13I2NO3. The number of phenolic OH excluding ortho intramolecular Hbond substituents is 1. The number of benzene rings is 2. The maximum atomic E-state index is 9.79. The van der Waals surface area contributed by atoms with Crippen LogP contribution in [-0.4, -0.2) is 16.8 Å². The Labute approximate surface area is 144 Å². The predicted molar refractivity (Wildman–Crippen MR) is 94.1 cm³/mol. The Hall–Kier alpha value is -0.580. The van der Waals surface area contributed by atoms with E-state index in [2.05, 4.69) is 45.2 Å². The molecule has 4 nitrogen and oxygen atoms in total. The molecule has 0 radical (unpaired) electrons. The van der Waals surface area contributed by atoms with Crippen LogP contribution in [0.5, 0.6) is 17.2 Å². The summed E-state index contributed by atoms with van der Waals surface area (Å²) in [5.41, 5.74) is 6.25. The van der Waals surface area contributed by atoms with E-state index in [0.717, 1.165) is 18.5 Å². The molecule has 0 aliphatic heterocycles. The molecule has 2 rings (SSSR count). The minimum Gasteiger partial charge on any atom is -0.508 e. The number of hydrogen-bond donors (Lipinski definition) is 3. The van der Waals surface area contributed by atoms with Crippen LogP contribution in [0.4, 0.5) is 0 Å².